The minimum atomic E-state index is 0.115. The molecule has 3 rings (SSSR count). The van der Waals surface area contributed by atoms with E-state index in [9.17, 15) is 0 Å². The summed E-state index contributed by atoms with van der Waals surface area (Å²) in [6.07, 6.45) is 3.76. The molecule has 1 heterocycles. The first-order valence-electron chi connectivity index (χ1n) is 7.74. The summed E-state index contributed by atoms with van der Waals surface area (Å²) in [5, 5.41) is 17.8. The molecule has 25 heavy (non-hydrogen) atoms. The van der Waals surface area contributed by atoms with Crippen LogP contribution >= 0.6 is 11.3 Å². The fourth-order valence-corrected chi connectivity index (χ4v) is 3.36. The lowest BCUT2D eigenvalue weighted by atomic mass is 9.97. The number of nitriles is 2. The van der Waals surface area contributed by atoms with Gasteiger partial charge in [0.1, 0.15) is 17.7 Å². The maximum absolute atomic E-state index is 8.89. The molecular weight excluding hydrogens is 324 g/mol. The maximum Gasteiger partial charge on any atom is 0.131 e. The quantitative estimate of drug-likeness (QED) is 0.567. The van der Waals surface area contributed by atoms with E-state index in [1.54, 1.807) is 17.4 Å². The van der Waals surface area contributed by atoms with E-state index >= 15 is 0 Å². The molecular formula is C22H14N2S. The van der Waals surface area contributed by atoms with Gasteiger partial charge in [-0.3, -0.25) is 0 Å². The van der Waals surface area contributed by atoms with Crippen molar-refractivity contribution in [2.24, 2.45) is 0 Å². The normalized spacial score (nSPS) is 9.52. The molecule has 0 aliphatic heterocycles. The smallest absolute Gasteiger partial charge is 0.131 e. The number of benzene rings is 2. The molecule has 3 aromatic rings. The predicted octanol–water partition coefficient (Wildman–Crippen LogP) is 5.77. The topological polar surface area (TPSA) is 47.6 Å². The summed E-state index contributed by atoms with van der Waals surface area (Å²) < 4.78 is 0. The minimum Gasteiger partial charge on any atom is -0.192 e. The van der Waals surface area contributed by atoms with Crippen molar-refractivity contribution in [1.82, 2.24) is 0 Å². The monoisotopic (exact) mass is 338 g/mol. The van der Waals surface area contributed by atoms with Crippen molar-refractivity contribution in [3.05, 3.63) is 99.3 Å². The van der Waals surface area contributed by atoms with Crippen LogP contribution in [-0.2, 0) is 0 Å². The highest BCUT2D eigenvalue weighted by molar-refractivity contribution is 7.13. The first-order chi connectivity index (χ1) is 12.3. The molecule has 0 unspecified atom stereocenters. The number of nitrogens with zero attached hydrogens (tertiary/aromatic N) is 2. The first-order valence-corrected chi connectivity index (χ1v) is 8.56. The minimum absolute atomic E-state index is 0.115. The van der Waals surface area contributed by atoms with Crippen molar-refractivity contribution in [2.45, 2.75) is 0 Å². The Morgan fingerprint density at radius 1 is 0.680 bits per heavy atom. The Kier molecular flexibility index (Phi) is 5.22. The van der Waals surface area contributed by atoms with Crippen molar-refractivity contribution in [3.63, 3.8) is 0 Å². The van der Waals surface area contributed by atoms with Crippen LogP contribution in [0.4, 0.5) is 0 Å². The average molecular weight is 338 g/mol. The van der Waals surface area contributed by atoms with Crippen LogP contribution < -0.4 is 0 Å². The largest absolute Gasteiger partial charge is 0.192 e. The molecule has 1 aromatic heterocycles. The lowest BCUT2D eigenvalue weighted by molar-refractivity contribution is 1.47. The van der Waals surface area contributed by atoms with E-state index < -0.39 is 0 Å². The summed E-state index contributed by atoms with van der Waals surface area (Å²) in [6.45, 7) is 0. The Bertz CT molecular complexity index is 940. The SMILES string of the molecule is N#CC(C#N)=Cc1ccc(C=C(c2ccccc2)c2ccccc2)s1. The molecule has 2 aromatic carbocycles. The molecule has 118 valence electrons. The third-order valence-electron chi connectivity index (χ3n) is 3.63. The Labute approximate surface area is 151 Å². The van der Waals surface area contributed by atoms with Gasteiger partial charge in [0.25, 0.3) is 0 Å². The number of rotatable bonds is 4. The van der Waals surface area contributed by atoms with Gasteiger partial charge in [-0.2, -0.15) is 10.5 Å². The summed E-state index contributed by atoms with van der Waals surface area (Å²) in [5.41, 5.74) is 3.55. The fourth-order valence-electron chi connectivity index (χ4n) is 2.47. The maximum atomic E-state index is 8.89. The van der Waals surface area contributed by atoms with Gasteiger partial charge in [0, 0.05) is 9.75 Å². The third-order valence-corrected chi connectivity index (χ3v) is 4.61. The number of thiophene rings is 1. The Morgan fingerprint density at radius 3 is 1.64 bits per heavy atom. The molecule has 3 heteroatoms. The van der Waals surface area contributed by atoms with Crippen molar-refractivity contribution >= 4 is 29.1 Å². The van der Waals surface area contributed by atoms with Crippen LogP contribution in [0.1, 0.15) is 20.9 Å². The zero-order chi connectivity index (χ0) is 17.5. The highest BCUT2D eigenvalue weighted by atomic mass is 32.1. The molecule has 0 radical (unpaired) electrons. The molecule has 0 saturated carbocycles. The first kappa shape index (κ1) is 16.5. The molecule has 0 saturated heterocycles. The Hall–Kier alpha value is -3.40. The zero-order valence-corrected chi connectivity index (χ0v) is 14.2. The fraction of sp³-hybridized carbons (Fsp3) is 0. The number of hydrogen-bond donors (Lipinski definition) is 0. The van der Waals surface area contributed by atoms with Crippen LogP contribution in [0.25, 0.3) is 17.7 Å². The second-order valence-electron chi connectivity index (χ2n) is 5.31. The molecule has 0 atom stereocenters. The molecule has 0 aliphatic rings. The van der Waals surface area contributed by atoms with E-state index in [-0.39, 0.29) is 5.57 Å². The van der Waals surface area contributed by atoms with E-state index in [0.717, 1.165) is 26.5 Å². The van der Waals surface area contributed by atoms with Gasteiger partial charge in [-0.05, 0) is 41.0 Å². The summed E-state index contributed by atoms with van der Waals surface area (Å²) in [7, 11) is 0. The molecule has 0 fully saturated rings. The van der Waals surface area contributed by atoms with Gasteiger partial charge in [0.15, 0.2) is 0 Å². The number of hydrogen-bond acceptors (Lipinski definition) is 3. The molecule has 0 aliphatic carbocycles. The second-order valence-corrected chi connectivity index (χ2v) is 6.46. The van der Waals surface area contributed by atoms with Gasteiger partial charge < -0.3 is 0 Å². The highest BCUT2D eigenvalue weighted by Gasteiger charge is 2.06. The summed E-state index contributed by atoms with van der Waals surface area (Å²) in [6, 6.07) is 28.2. The third kappa shape index (κ3) is 4.12. The van der Waals surface area contributed by atoms with Crippen LogP contribution in [0.3, 0.4) is 0 Å². The second kappa shape index (κ2) is 7.93. The van der Waals surface area contributed by atoms with Gasteiger partial charge in [-0.15, -0.1) is 11.3 Å². The van der Waals surface area contributed by atoms with E-state index in [4.69, 9.17) is 10.5 Å². The van der Waals surface area contributed by atoms with Crippen LogP contribution in [0.2, 0.25) is 0 Å². The number of allylic oxidation sites excluding steroid dienone is 1. The standard InChI is InChI=1S/C22H14N2S/c23-15-17(16-24)13-20-11-12-21(25-20)14-22(18-7-3-1-4-8-18)19-9-5-2-6-10-19/h1-14H. The molecule has 0 spiro atoms. The van der Waals surface area contributed by atoms with Crippen molar-refractivity contribution < 1.29 is 0 Å². The van der Waals surface area contributed by atoms with Crippen LogP contribution in [0, 0.1) is 22.7 Å². The molecule has 0 amide bonds. The van der Waals surface area contributed by atoms with E-state index in [1.807, 2.05) is 60.7 Å². The summed E-state index contributed by atoms with van der Waals surface area (Å²) in [4.78, 5) is 1.97. The molecule has 2 nitrogen and oxygen atoms in total. The summed E-state index contributed by atoms with van der Waals surface area (Å²) >= 11 is 1.55. The lowest BCUT2D eigenvalue weighted by Gasteiger charge is -2.08. The summed E-state index contributed by atoms with van der Waals surface area (Å²) in [5.74, 6) is 0. The lowest BCUT2D eigenvalue weighted by Crippen LogP contribution is -1.86. The van der Waals surface area contributed by atoms with Crippen LogP contribution in [-0.4, -0.2) is 0 Å². The van der Waals surface area contributed by atoms with E-state index in [0.29, 0.717) is 0 Å². The van der Waals surface area contributed by atoms with Gasteiger partial charge in [-0.1, -0.05) is 60.7 Å². The van der Waals surface area contributed by atoms with E-state index in [2.05, 4.69) is 30.3 Å². The Balaban J connectivity index is 2.04. The molecule has 0 bridgehead atoms. The predicted molar refractivity (Wildman–Crippen MR) is 103 cm³/mol. The van der Waals surface area contributed by atoms with Gasteiger partial charge in [0.05, 0.1) is 0 Å². The highest BCUT2D eigenvalue weighted by Crippen LogP contribution is 2.29. The van der Waals surface area contributed by atoms with Gasteiger partial charge >= 0.3 is 0 Å². The Morgan fingerprint density at radius 2 is 1.16 bits per heavy atom. The van der Waals surface area contributed by atoms with E-state index in [1.165, 1.54) is 0 Å². The van der Waals surface area contributed by atoms with Crippen LogP contribution in [0.15, 0.2) is 78.4 Å². The average Bonchev–Trinajstić information content (AvgIpc) is 3.12. The molecule has 0 N–H and O–H groups in total. The van der Waals surface area contributed by atoms with Crippen molar-refractivity contribution in [2.75, 3.05) is 0 Å². The zero-order valence-electron chi connectivity index (χ0n) is 13.4. The van der Waals surface area contributed by atoms with Crippen molar-refractivity contribution in [1.29, 1.82) is 10.5 Å². The van der Waals surface area contributed by atoms with Crippen LogP contribution in [0.5, 0.6) is 0 Å². The van der Waals surface area contributed by atoms with Gasteiger partial charge in [0.2, 0.25) is 0 Å². The van der Waals surface area contributed by atoms with Gasteiger partial charge in [-0.25, -0.2) is 0 Å². The van der Waals surface area contributed by atoms with Crippen molar-refractivity contribution in [3.8, 4) is 12.1 Å².